The minimum atomic E-state index is -0.215. The van der Waals surface area contributed by atoms with Gasteiger partial charge in [0.15, 0.2) is 5.78 Å². The first kappa shape index (κ1) is 18.6. The van der Waals surface area contributed by atoms with E-state index in [1.54, 1.807) is 36.5 Å². The number of hydrogen-bond donors (Lipinski definition) is 2. The van der Waals surface area contributed by atoms with Crippen LogP contribution in [0.2, 0.25) is 5.02 Å². The molecule has 3 aromatic rings. The zero-order chi connectivity index (χ0) is 19.2. The van der Waals surface area contributed by atoms with Crippen LogP contribution in [0.3, 0.4) is 0 Å². The highest BCUT2D eigenvalue weighted by molar-refractivity contribution is 6.30. The molecule has 0 unspecified atom stereocenters. The smallest absolute Gasteiger partial charge is 0.253 e. The van der Waals surface area contributed by atoms with Crippen molar-refractivity contribution in [3.63, 3.8) is 0 Å². The molecule has 2 N–H and O–H groups in total. The van der Waals surface area contributed by atoms with E-state index >= 15 is 0 Å². The van der Waals surface area contributed by atoms with E-state index in [0.29, 0.717) is 28.4 Å². The number of carbonyl (C=O) groups is 2. The van der Waals surface area contributed by atoms with Crippen LogP contribution in [0.4, 0.5) is 11.4 Å². The molecule has 3 rings (SSSR count). The molecular weight excluding hydrogens is 362 g/mol. The second-order valence-electron chi connectivity index (χ2n) is 6.03. The number of nitrogens with one attached hydrogen (secondary N) is 2. The minimum absolute atomic E-state index is 0.0163. The van der Waals surface area contributed by atoms with Crippen LogP contribution in [0.25, 0.3) is 0 Å². The molecule has 0 aliphatic carbocycles. The minimum Gasteiger partial charge on any atom is -0.354 e. The maximum Gasteiger partial charge on any atom is 0.253 e. The van der Waals surface area contributed by atoms with Gasteiger partial charge in [-0.1, -0.05) is 23.7 Å². The van der Waals surface area contributed by atoms with E-state index in [2.05, 4.69) is 15.6 Å². The monoisotopic (exact) mass is 379 g/mol. The van der Waals surface area contributed by atoms with Crippen molar-refractivity contribution in [3.8, 4) is 0 Å². The largest absolute Gasteiger partial charge is 0.354 e. The molecule has 0 saturated carbocycles. The van der Waals surface area contributed by atoms with Gasteiger partial charge >= 0.3 is 0 Å². The number of aromatic nitrogens is 1. The number of benzene rings is 2. The summed E-state index contributed by atoms with van der Waals surface area (Å²) in [7, 11) is 0. The summed E-state index contributed by atoms with van der Waals surface area (Å²) in [5.41, 5.74) is 3.55. The highest BCUT2D eigenvalue weighted by Crippen LogP contribution is 2.18. The normalized spacial score (nSPS) is 10.3. The van der Waals surface area contributed by atoms with Gasteiger partial charge in [0, 0.05) is 29.0 Å². The predicted molar refractivity (Wildman–Crippen MR) is 107 cm³/mol. The molecule has 0 saturated heterocycles. The highest BCUT2D eigenvalue weighted by Gasteiger charge is 2.07. The van der Waals surface area contributed by atoms with Crippen LogP contribution in [-0.4, -0.2) is 16.7 Å². The lowest BCUT2D eigenvalue weighted by Gasteiger charge is -2.09. The predicted octanol–water partition coefficient (Wildman–Crippen LogP) is 4.61. The maximum absolute atomic E-state index is 12.4. The van der Waals surface area contributed by atoms with Crippen molar-refractivity contribution < 1.29 is 9.59 Å². The van der Waals surface area contributed by atoms with Crippen LogP contribution >= 0.6 is 11.6 Å². The zero-order valence-electron chi connectivity index (χ0n) is 14.7. The van der Waals surface area contributed by atoms with Crippen LogP contribution in [0.5, 0.6) is 0 Å². The molecule has 5 nitrogen and oxygen atoms in total. The molecule has 0 bridgehead atoms. The van der Waals surface area contributed by atoms with Crippen LogP contribution in [-0.2, 0) is 6.54 Å². The third kappa shape index (κ3) is 5.15. The van der Waals surface area contributed by atoms with Crippen molar-refractivity contribution in [2.45, 2.75) is 13.5 Å². The summed E-state index contributed by atoms with van der Waals surface area (Å²) in [5, 5.41) is 6.69. The lowest BCUT2D eigenvalue weighted by Crippen LogP contribution is -2.23. The van der Waals surface area contributed by atoms with E-state index in [4.69, 9.17) is 11.6 Å². The highest BCUT2D eigenvalue weighted by atomic mass is 35.5. The molecule has 27 heavy (non-hydrogen) atoms. The molecule has 0 aliphatic heterocycles. The van der Waals surface area contributed by atoms with Gasteiger partial charge in [0.25, 0.3) is 5.91 Å². The molecule has 0 spiro atoms. The maximum atomic E-state index is 12.4. The Morgan fingerprint density at radius 1 is 0.926 bits per heavy atom. The van der Waals surface area contributed by atoms with Gasteiger partial charge in [0.05, 0.1) is 17.4 Å². The Bertz CT molecular complexity index is 954. The molecule has 1 aromatic heterocycles. The van der Waals surface area contributed by atoms with Gasteiger partial charge in [-0.15, -0.1) is 0 Å². The molecule has 0 fully saturated rings. The van der Waals surface area contributed by atoms with Crippen molar-refractivity contribution in [2.75, 3.05) is 5.32 Å². The van der Waals surface area contributed by atoms with E-state index < -0.39 is 0 Å². The first-order chi connectivity index (χ1) is 13.0. The standard InChI is InChI=1S/C21H18ClN3O2/c1-14(26)16-4-8-19(9-5-16)25-20-10-17(12-23-13-20)21(27)24-11-15-2-6-18(22)7-3-15/h2-10,12-13,25H,11H2,1H3,(H,24,27). The summed E-state index contributed by atoms with van der Waals surface area (Å²) in [6.45, 7) is 1.93. The van der Waals surface area contributed by atoms with Crippen LogP contribution in [0, 0.1) is 0 Å². The summed E-state index contributed by atoms with van der Waals surface area (Å²) >= 11 is 5.86. The van der Waals surface area contributed by atoms with Crippen LogP contribution in [0.1, 0.15) is 33.2 Å². The fourth-order valence-electron chi connectivity index (χ4n) is 2.47. The average molecular weight is 380 g/mol. The number of ketones is 1. The zero-order valence-corrected chi connectivity index (χ0v) is 15.5. The number of rotatable bonds is 6. The van der Waals surface area contributed by atoms with E-state index in [-0.39, 0.29) is 11.7 Å². The van der Waals surface area contributed by atoms with Crippen molar-refractivity contribution in [1.82, 2.24) is 10.3 Å². The molecule has 1 amide bonds. The quantitative estimate of drug-likeness (QED) is 0.613. The van der Waals surface area contributed by atoms with Crippen LogP contribution in [0.15, 0.2) is 67.0 Å². The summed E-state index contributed by atoms with van der Waals surface area (Å²) in [6.07, 6.45) is 3.15. The van der Waals surface area contributed by atoms with Crippen molar-refractivity contribution in [3.05, 3.63) is 88.7 Å². The molecule has 136 valence electrons. The van der Waals surface area contributed by atoms with Crippen molar-refractivity contribution in [2.24, 2.45) is 0 Å². The first-order valence-electron chi connectivity index (χ1n) is 8.37. The molecule has 2 aromatic carbocycles. The molecule has 6 heteroatoms. The number of hydrogen-bond acceptors (Lipinski definition) is 4. The van der Waals surface area contributed by atoms with Gasteiger partial charge in [-0.25, -0.2) is 0 Å². The molecule has 0 atom stereocenters. The Morgan fingerprint density at radius 3 is 2.30 bits per heavy atom. The van der Waals surface area contributed by atoms with Gasteiger partial charge < -0.3 is 10.6 Å². The van der Waals surface area contributed by atoms with E-state index in [1.807, 2.05) is 24.3 Å². The third-order valence-corrected chi connectivity index (χ3v) is 4.20. The molecular formula is C21H18ClN3O2. The number of halogens is 1. The van der Waals surface area contributed by atoms with Gasteiger partial charge in [-0.2, -0.15) is 0 Å². The number of nitrogens with zero attached hydrogens (tertiary/aromatic N) is 1. The number of anilines is 2. The van der Waals surface area contributed by atoms with Crippen molar-refractivity contribution >= 4 is 34.7 Å². The SMILES string of the molecule is CC(=O)c1ccc(Nc2cncc(C(=O)NCc3ccc(Cl)cc3)c2)cc1. The Labute approximate surface area is 162 Å². The topological polar surface area (TPSA) is 71.1 Å². The Hall–Kier alpha value is -3.18. The number of Topliss-reactive ketones (excluding diaryl/α,β-unsaturated/α-hetero) is 1. The van der Waals surface area contributed by atoms with Crippen LogP contribution < -0.4 is 10.6 Å². The van der Waals surface area contributed by atoms with E-state index in [0.717, 1.165) is 11.3 Å². The molecule has 0 aliphatic rings. The number of amides is 1. The summed E-state index contributed by atoms with van der Waals surface area (Å²) < 4.78 is 0. The van der Waals surface area contributed by atoms with E-state index in [1.165, 1.54) is 13.1 Å². The third-order valence-electron chi connectivity index (χ3n) is 3.95. The van der Waals surface area contributed by atoms with Gasteiger partial charge in [-0.05, 0) is 55.0 Å². The lowest BCUT2D eigenvalue weighted by atomic mass is 10.1. The second-order valence-corrected chi connectivity index (χ2v) is 6.47. The van der Waals surface area contributed by atoms with E-state index in [9.17, 15) is 9.59 Å². The Morgan fingerprint density at radius 2 is 1.63 bits per heavy atom. The van der Waals surface area contributed by atoms with Gasteiger partial charge in [-0.3, -0.25) is 14.6 Å². The fraction of sp³-hybridized carbons (Fsp3) is 0.0952. The summed E-state index contributed by atoms with van der Waals surface area (Å²) in [6, 6.07) is 16.1. The summed E-state index contributed by atoms with van der Waals surface area (Å²) in [4.78, 5) is 27.8. The van der Waals surface area contributed by atoms with Gasteiger partial charge in [0.2, 0.25) is 0 Å². The Kier molecular flexibility index (Phi) is 5.84. The summed E-state index contributed by atoms with van der Waals surface area (Å²) in [5.74, 6) is -0.199. The van der Waals surface area contributed by atoms with Crippen molar-refractivity contribution in [1.29, 1.82) is 0 Å². The first-order valence-corrected chi connectivity index (χ1v) is 8.75. The number of pyridine rings is 1. The average Bonchev–Trinajstić information content (AvgIpc) is 2.68. The fourth-order valence-corrected chi connectivity index (χ4v) is 2.60. The second kappa shape index (κ2) is 8.47. The Balaban J connectivity index is 1.64. The lowest BCUT2D eigenvalue weighted by molar-refractivity contribution is 0.0949. The molecule has 0 radical (unpaired) electrons. The number of carbonyl (C=O) groups excluding carboxylic acids is 2. The molecule has 1 heterocycles. The van der Waals surface area contributed by atoms with Gasteiger partial charge in [0.1, 0.15) is 0 Å².